The predicted molar refractivity (Wildman–Crippen MR) is 64.7 cm³/mol. The van der Waals surface area contributed by atoms with Crippen molar-refractivity contribution in [1.29, 1.82) is 0 Å². The summed E-state index contributed by atoms with van der Waals surface area (Å²) in [6.07, 6.45) is 10.3. The molecule has 1 rings (SSSR count). The molecule has 1 aliphatic rings. The molecule has 0 heterocycles. The molecule has 1 nitrogen and oxygen atoms in total. The number of ketones is 1. The quantitative estimate of drug-likeness (QED) is 0.503. The summed E-state index contributed by atoms with van der Waals surface area (Å²) in [4.78, 5) is 11.4. The van der Waals surface area contributed by atoms with Crippen LogP contribution in [0.3, 0.4) is 0 Å². The Morgan fingerprint density at radius 1 is 1.60 bits per heavy atom. The van der Waals surface area contributed by atoms with Crippen LogP contribution >= 0.6 is 0 Å². The van der Waals surface area contributed by atoms with Gasteiger partial charge in [-0.05, 0) is 44.1 Å². The normalized spacial score (nSPS) is 26.7. The summed E-state index contributed by atoms with van der Waals surface area (Å²) >= 11 is 0. The van der Waals surface area contributed by atoms with Gasteiger partial charge in [-0.15, -0.1) is 0 Å². The van der Waals surface area contributed by atoms with Gasteiger partial charge in [-0.2, -0.15) is 0 Å². The van der Waals surface area contributed by atoms with Gasteiger partial charge in [0.1, 0.15) is 0 Å². The molecule has 0 aromatic carbocycles. The second-order valence-corrected chi connectivity index (χ2v) is 4.65. The lowest BCUT2D eigenvalue weighted by atomic mass is 9.82. The van der Waals surface area contributed by atoms with Crippen molar-refractivity contribution in [3.63, 3.8) is 0 Å². The molecule has 2 unspecified atom stereocenters. The van der Waals surface area contributed by atoms with Crippen LogP contribution in [0.15, 0.2) is 23.8 Å². The molecule has 15 heavy (non-hydrogen) atoms. The van der Waals surface area contributed by atoms with E-state index in [4.69, 9.17) is 0 Å². The van der Waals surface area contributed by atoms with Gasteiger partial charge in [-0.25, -0.2) is 0 Å². The van der Waals surface area contributed by atoms with E-state index >= 15 is 0 Å². The van der Waals surface area contributed by atoms with Crippen molar-refractivity contribution >= 4 is 5.78 Å². The van der Waals surface area contributed by atoms with E-state index in [1.54, 1.807) is 6.08 Å². The molecule has 0 amide bonds. The average Bonchev–Trinajstić information content (AvgIpc) is 2.17. The van der Waals surface area contributed by atoms with E-state index in [9.17, 15) is 4.79 Å². The van der Waals surface area contributed by atoms with Crippen molar-refractivity contribution in [2.24, 2.45) is 11.8 Å². The maximum absolute atomic E-state index is 11.4. The van der Waals surface area contributed by atoms with E-state index in [0.29, 0.717) is 18.3 Å². The molecule has 1 heteroatoms. The zero-order valence-corrected chi connectivity index (χ0v) is 10.1. The summed E-state index contributed by atoms with van der Waals surface area (Å²) in [6.45, 7) is 6.47. The summed E-state index contributed by atoms with van der Waals surface area (Å²) < 4.78 is 0. The Morgan fingerprint density at radius 2 is 2.33 bits per heavy atom. The average molecular weight is 206 g/mol. The monoisotopic (exact) mass is 206 g/mol. The molecule has 1 aliphatic carbocycles. The minimum Gasteiger partial charge on any atom is -0.295 e. The van der Waals surface area contributed by atoms with E-state index in [1.807, 2.05) is 6.92 Å². The fourth-order valence-electron chi connectivity index (χ4n) is 2.15. The van der Waals surface area contributed by atoms with Crippen molar-refractivity contribution in [2.45, 2.75) is 46.5 Å². The third-order valence-corrected chi connectivity index (χ3v) is 3.12. The van der Waals surface area contributed by atoms with Gasteiger partial charge in [0.2, 0.25) is 0 Å². The molecule has 0 aromatic heterocycles. The van der Waals surface area contributed by atoms with Gasteiger partial charge in [0.15, 0.2) is 5.78 Å². The Balaban J connectivity index is 2.49. The summed E-state index contributed by atoms with van der Waals surface area (Å²) in [6, 6.07) is 0. The van der Waals surface area contributed by atoms with E-state index < -0.39 is 0 Å². The van der Waals surface area contributed by atoms with Gasteiger partial charge < -0.3 is 0 Å². The zero-order valence-electron chi connectivity index (χ0n) is 10.1. The Kier molecular flexibility index (Phi) is 4.80. The zero-order chi connectivity index (χ0) is 11.3. The number of hydrogen-bond acceptors (Lipinski definition) is 1. The molecule has 0 saturated carbocycles. The first kappa shape index (κ1) is 12.2. The molecule has 0 aromatic rings. The molecular formula is C14H22O. The first-order valence-corrected chi connectivity index (χ1v) is 6.01. The van der Waals surface area contributed by atoms with Crippen molar-refractivity contribution in [3.8, 4) is 0 Å². The first-order chi connectivity index (χ1) is 7.13. The maximum Gasteiger partial charge on any atom is 0.155 e. The van der Waals surface area contributed by atoms with Crippen LogP contribution in [0.25, 0.3) is 0 Å². The van der Waals surface area contributed by atoms with Crippen LogP contribution in [-0.2, 0) is 4.79 Å². The molecule has 2 atom stereocenters. The highest BCUT2D eigenvalue weighted by molar-refractivity contribution is 5.89. The minimum atomic E-state index is 0.274. The molecule has 0 N–H and O–H groups in total. The molecule has 0 bridgehead atoms. The van der Waals surface area contributed by atoms with Crippen LogP contribution in [0, 0.1) is 11.8 Å². The van der Waals surface area contributed by atoms with E-state index in [0.717, 1.165) is 6.42 Å². The van der Waals surface area contributed by atoms with Crippen LogP contribution < -0.4 is 0 Å². The number of carbonyl (C=O) groups excluding carboxylic acids is 1. The van der Waals surface area contributed by atoms with E-state index in [-0.39, 0.29) is 5.78 Å². The molecule has 0 saturated heterocycles. The molecule has 84 valence electrons. The molecule has 0 radical (unpaired) electrons. The number of hydrogen-bond donors (Lipinski definition) is 0. The van der Waals surface area contributed by atoms with E-state index in [2.05, 4.69) is 26.0 Å². The lowest BCUT2D eigenvalue weighted by Crippen LogP contribution is -2.12. The maximum atomic E-state index is 11.4. The van der Waals surface area contributed by atoms with Gasteiger partial charge in [0.25, 0.3) is 0 Å². The standard InChI is InChI=1S/C14H22O/c1-4-5-14(15)9-8-13-7-6-11(2)10-12(13)3/h8-10,12-13H,4-7H2,1-3H3. The topological polar surface area (TPSA) is 17.1 Å². The minimum absolute atomic E-state index is 0.274. The van der Waals surface area contributed by atoms with Crippen LogP contribution in [0.1, 0.15) is 46.5 Å². The Hall–Kier alpha value is -0.850. The van der Waals surface area contributed by atoms with Crippen molar-refractivity contribution < 1.29 is 4.79 Å². The molecule has 0 aliphatic heterocycles. The predicted octanol–water partition coefficient (Wildman–Crippen LogP) is 3.90. The second kappa shape index (κ2) is 5.89. The van der Waals surface area contributed by atoms with Crippen LogP contribution in [-0.4, -0.2) is 5.78 Å². The van der Waals surface area contributed by atoms with Gasteiger partial charge >= 0.3 is 0 Å². The van der Waals surface area contributed by atoms with Crippen molar-refractivity contribution in [1.82, 2.24) is 0 Å². The highest BCUT2D eigenvalue weighted by Gasteiger charge is 2.17. The summed E-state index contributed by atoms with van der Waals surface area (Å²) in [5, 5.41) is 0. The SMILES string of the molecule is CCCC(=O)C=CC1CCC(C)=CC1C. The van der Waals surface area contributed by atoms with Crippen molar-refractivity contribution in [2.75, 3.05) is 0 Å². The second-order valence-electron chi connectivity index (χ2n) is 4.65. The smallest absolute Gasteiger partial charge is 0.155 e. The lowest BCUT2D eigenvalue weighted by molar-refractivity contribution is -0.114. The highest BCUT2D eigenvalue weighted by Crippen LogP contribution is 2.29. The molecule has 0 fully saturated rings. The largest absolute Gasteiger partial charge is 0.295 e. The lowest BCUT2D eigenvalue weighted by Gasteiger charge is -2.23. The number of allylic oxidation sites excluding steroid dienone is 4. The summed E-state index contributed by atoms with van der Waals surface area (Å²) in [7, 11) is 0. The fourth-order valence-corrected chi connectivity index (χ4v) is 2.15. The van der Waals surface area contributed by atoms with Gasteiger partial charge in [0.05, 0.1) is 0 Å². The van der Waals surface area contributed by atoms with Crippen LogP contribution in [0.2, 0.25) is 0 Å². The van der Waals surface area contributed by atoms with Crippen molar-refractivity contribution in [3.05, 3.63) is 23.8 Å². The Bertz CT molecular complexity index is 273. The third-order valence-electron chi connectivity index (χ3n) is 3.12. The van der Waals surface area contributed by atoms with Crippen LogP contribution in [0.5, 0.6) is 0 Å². The molecular weight excluding hydrogens is 184 g/mol. The Morgan fingerprint density at radius 3 is 2.93 bits per heavy atom. The summed E-state index contributed by atoms with van der Waals surface area (Å²) in [5.41, 5.74) is 1.49. The van der Waals surface area contributed by atoms with Gasteiger partial charge in [-0.3, -0.25) is 4.79 Å². The number of rotatable bonds is 4. The van der Waals surface area contributed by atoms with Gasteiger partial charge in [-0.1, -0.05) is 31.6 Å². The fraction of sp³-hybridized carbons (Fsp3) is 0.643. The number of carbonyl (C=O) groups is 1. The van der Waals surface area contributed by atoms with E-state index in [1.165, 1.54) is 18.4 Å². The summed E-state index contributed by atoms with van der Waals surface area (Å²) in [5.74, 6) is 1.43. The van der Waals surface area contributed by atoms with Gasteiger partial charge in [0, 0.05) is 6.42 Å². The first-order valence-electron chi connectivity index (χ1n) is 6.01. The highest BCUT2D eigenvalue weighted by atomic mass is 16.1. The van der Waals surface area contributed by atoms with Crippen LogP contribution in [0.4, 0.5) is 0 Å². The third kappa shape index (κ3) is 4.03. The molecule has 0 spiro atoms. The Labute approximate surface area is 93.3 Å².